The summed E-state index contributed by atoms with van der Waals surface area (Å²) in [5.74, 6) is 2.47. The van der Waals surface area contributed by atoms with Crippen molar-refractivity contribution in [1.29, 1.82) is 0 Å². The van der Waals surface area contributed by atoms with E-state index >= 15 is 0 Å². The molecule has 2 N–H and O–H groups in total. The molecule has 0 aliphatic carbocycles. The van der Waals surface area contributed by atoms with Crippen LogP contribution in [0.1, 0.15) is 49.4 Å². The Balaban J connectivity index is 1.67. The SMILES string of the molecule is CCCC(=O)Nc1nc2n(n1)C(c1ccc(OC)cc1)CC(c1ccc(OC)cc1)N2. The number of carbonyl (C=O) groups excluding carboxylic acids is 1. The first-order chi connectivity index (χ1) is 15.1. The maximum atomic E-state index is 12.0. The van der Waals surface area contributed by atoms with Gasteiger partial charge < -0.3 is 14.8 Å². The quantitative estimate of drug-likeness (QED) is 0.595. The van der Waals surface area contributed by atoms with Crippen molar-refractivity contribution < 1.29 is 14.3 Å². The Morgan fingerprint density at radius 1 is 1.06 bits per heavy atom. The van der Waals surface area contributed by atoms with Crippen molar-refractivity contribution in [2.75, 3.05) is 24.9 Å². The number of benzene rings is 2. The van der Waals surface area contributed by atoms with Crippen LogP contribution < -0.4 is 20.1 Å². The van der Waals surface area contributed by atoms with Gasteiger partial charge in [0, 0.05) is 6.42 Å². The molecular weight excluding hydrogens is 394 g/mol. The molecule has 0 fully saturated rings. The molecule has 0 spiro atoms. The monoisotopic (exact) mass is 421 g/mol. The Morgan fingerprint density at radius 2 is 1.68 bits per heavy atom. The summed E-state index contributed by atoms with van der Waals surface area (Å²) in [6, 6.07) is 16.0. The standard InChI is InChI=1S/C23H27N5O3/c1-4-5-21(29)25-22-26-23-24-19(15-6-10-17(30-2)11-7-15)14-20(28(23)27-22)16-8-12-18(31-3)13-9-16/h6-13,19-20H,4-5,14H2,1-3H3,(H2,24,25,26,27,29). The first kappa shape index (κ1) is 20.7. The van der Waals surface area contributed by atoms with Gasteiger partial charge in [-0.1, -0.05) is 31.2 Å². The molecule has 2 heterocycles. The van der Waals surface area contributed by atoms with E-state index in [4.69, 9.17) is 9.47 Å². The van der Waals surface area contributed by atoms with Crippen LogP contribution in [0.2, 0.25) is 0 Å². The van der Waals surface area contributed by atoms with Gasteiger partial charge in [-0.25, -0.2) is 4.68 Å². The number of amides is 1. The minimum atomic E-state index is -0.0850. The molecule has 1 aromatic heterocycles. The number of fused-ring (bicyclic) bond motifs is 1. The Morgan fingerprint density at radius 3 is 2.26 bits per heavy atom. The summed E-state index contributed by atoms with van der Waals surface area (Å²) >= 11 is 0. The molecule has 0 radical (unpaired) electrons. The van der Waals surface area contributed by atoms with Gasteiger partial charge in [-0.3, -0.25) is 10.1 Å². The molecule has 3 aromatic rings. The maximum absolute atomic E-state index is 12.0. The van der Waals surface area contributed by atoms with Crippen molar-refractivity contribution in [2.45, 2.75) is 38.3 Å². The number of nitrogens with one attached hydrogen (secondary N) is 2. The average molecular weight is 422 g/mol. The third-order valence-corrected chi connectivity index (χ3v) is 5.44. The fraction of sp³-hybridized carbons (Fsp3) is 0.348. The summed E-state index contributed by atoms with van der Waals surface area (Å²) in [7, 11) is 3.31. The second-order valence-electron chi connectivity index (χ2n) is 7.50. The molecule has 2 unspecified atom stereocenters. The van der Waals surface area contributed by atoms with Gasteiger partial charge in [-0.05, 0) is 48.2 Å². The zero-order valence-corrected chi connectivity index (χ0v) is 18.0. The highest BCUT2D eigenvalue weighted by Crippen LogP contribution is 2.39. The van der Waals surface area contributed by atoms with Crippen LogP contribution in [-0.4, -0.2) is 34.9 Å². The van der Waals surface area contributed by atoms with Crippen molar-refractivity contribution in [3.63, 3.8) is 0 Å². The van der Waals surface area contributed by atoms with Crippen molar-refractivity contribution in [3.05, 3.63) is 59.7 Å². The lowest BCUT2D eigenvalue weighted by atomic mass is 9.93. The van der Waals surface area contributed by atoms with E-state index in [0.29, 0.717) is 18.3 Å². The van der Waals surface area contributed by atoms with Crippen LogP contribution in [0.5, 0.6) is 11.5 Å². The van der Waals surface area contributed by atoms with E-state index < -0.39 is 0 Å². The topological polar surface area (TPSA) is 90.3 Å². The van der Waals surface area contributed by atoms with Crippen molar-refractivity contribution in [1.82, 2.24) is 14.8 Å². The summed E-state index contributed by atoms with van der Waals surface area (Å²) in [5.41, 5.74) is 2.23. The van der Waals surface area contributed by atoms with Gasteiger partial charge in [0.15, 0.2) is 0 Å². The minimum absolute atomic E-state index is 0.0360. The van der Waals surface area contributed by atoms with E-state index in [2.05, 4.69) is 32.8 Å². The Kier molecular flexibility index (Phi) is 6.06. The number of hydrogen-bond donors (Lipinski definition) is 2. The second-order valence-corrected chi connectivity index (χ2v) is 7.50. The number of methoxy groups -OCH3 is 2. The predicted molar refractivity (Wildman–Crippen MR) is 119 cm³/mol. The first-order valence-corrected chi connectivity index (χ1v) is 10.4. The molecule has 4 rings (SSSR count). The summed E-state index contributed by atoms with van der Waals surface area (Å²) in [5, 5.41) is 10.9. The largest absolute Gasteiger partial charge is 0.497 e. The fourth-order valence-electron chi connectivity index (χ4n) is 3.80. The lowest BCUT2D eigenvalue weighted by Crippen LogP contribution is -2.28. The smallest absolute Gasteiger partial charge is 0.250 e. The molecule has 1 amide bonds. The average Bonchev–Trinajstić information content (AvgIpc) is 3.21. The van der Waals surface area contributed by atoms with Crippen LogP contribution in [0.25, 0.3) is 0 Å². The van der Waals surface area contributed by atoms with Crippen LogP contribution in [0, 0.1) is 0 Å². The zero-order valence-electron chi connectivity index (χ0n) is 18.0. The third-order valence-electron chi connectivity index (χ3n) is 5.44. The normalized spacial score (nSPS) is 17.4. The molecule has 1 aliphatic heterocycles. The minimum Gasteiger partial charge on any atom is -0.497 e. The molecule has 2 aromatic carbocycles. The Bertz CT molecular complexity index is 1030. The summed E-state index contributed by atoms with van der Waals surface area (Å²) in [6.07, 6.45) is 1.98. The lowest BCUT2D eigenvalue weighted by Gasteiger charge is -2.31. The van der Waals surface area contributed by atoms with Gasteiger partial charge in [0.25, 0.3) is 5.95 Å². The predicted octanol–water partition coefficient (Wildman–Crippen LogP) is 4.18. The Labute approximate surface area is 181 Å². The maximum Gasteiger partial charge on any atom is 0.250 e. The van der Waals surface area contributed by atoms with Crippen molar-refractivity contribution >= 4 is 17.8 Å². The number of hydrogen-bond acceptors (Lipinski definition) is 6. The van der Waals surface area contributed by atoms with Crippen molar-refractivity contribution in [2.24, 2.45) is 0 Å². The molecule has 8 nitrogen and oxygen atoms in total. The number of aromatic nitrogens is 3. The van der Waals surface area contributed by atoms with Crippen LogP contribution >= 0.6 is 0 Å². The molecular formula is C23H27N5O3. The third kappa shape index (κ3) is 4.47. The number of carbonyl (C=O) groups is 1. The summed E-state index contributed by atoms with van der Waals surface area (Å²) in [6.45, 7) is 1.96. The van der Waals surface area contributed by atoms with E-state index in [1.807, 2.05) is 48.0 Å². The van der Waals surface area contributed by atoms with Gasteiger partial charge in [0.05, 0.1) is 26.3 Å². The molecule has 8 heteroatoms. The first-order valence-electron chi connectivity index (χ1n) is 10.4. The molecule has 0 saturated carbocycles. The highest BCUT2D eigenvalue weighted by Gasteiger charge is 2.31. The molecule has 2 atom stereocenters. The second kappa shape index (κ2) is 9.07. The van der Waals surface area contributed by atoms with E-state index in [1.165, 1.54) is 0 Å². The van der Waals surface area contributed by atoms with Crippen molar-refractivity contribution in [3.8, 4) is 11.5 Å². The van der Waals surface area contributed by atoms with E-state index in [1.54, 1.807) is 14.2 Å². The highest BCUT2D eigenvalue weighted by molar-refractivity contribution is 5.88. The number of rotatable bonds is 7. The zero-order chi connectivity index (χ0) is 21.8. The van der Waals surface area contributed by atoms with Gasteiger partial charge >= 0.3 is 0 Å². The lowest BCUT2D eigenvalue weighted by molar-refractivity contribution is -0.116. The molecule has 162 valence electrons. The van der Waals surface area contributed by atoms with Crippen LogP contribution in [0.4, 0.5) is 11.9 Å². The molecule has 31 heavy (non-hydrogen) atoms. The van der Waals surface area contributed by atoms with Gasteiger partial charge in [0.1, 0.15) is 11.5 Å². The van der Waals surface area contributed by atoms with Crippen LogP contribution in [0.3, 0.4) is 0 Å². The van der Waals surface area contributed by atoms with Gasteiger partial charge in [0.2, 0.25) is 11.9 Å². The van der Waals surface area contributed by atoms with E-state index in [-0.39, 0.29) is 18.0 Å². The van der Waals surface area contributed by atoms with Gasteiger partial charge in [-0.15, -0.1) is 5.10 Å². The molecule has 1 aliphatic rings. The van der Waals surface area contributed by atoms with Crippen LogP contribution in [-0.2, 0) is 4.79 Å². The van der Waals surface area contributed by atoms with E-state index in [9.17, 15) is 4.79 Å². The summed E-state index contributed by atoms with van der Waals surface area (Å²) in [4.78, 5) is 16.6. The summed E-state index contributed by atoms with van der Waals surface area (Å²) < 4.78 is 12.4. The number of nitrogens with zero attached hydrogens (tertiary/aromatic N) is 3. The fourth-order valence-corrected chi connectivity index (χ4v) is 3.80. The highest BCUT2D eigenvalue weighted by atomic mass is 16.5. The number of anilines is 2. The molecule has 0 saturated heterocycles. The molecule has 0 bridgehead atoms. The van der Waals surface area contributed by atoms with Crippen LogP contribution in [0.15, 0.2) is 48.5 Å². The van der Waals surface area contributed by atoms with E-state index in [0.717, 1.165) is 35.5 Å². The Hall–Kier alpha value is -3.55. The number of ether oxygens (including phenoxy) is 2. The van der Waals surface area contributed by atoms with Gasteiger partial charge in [-0.2, -0.15) is 4.98 Å².